The lowest BCUT2D eigenvalue weighted by Gasteiger charge is -2.30. The van der Waals surface area contributed by atoms with Gasteiger partial charge < -0.3 is 10.2 Å². The molecule has 1 unspecified atom stereocenters. The highest BCUT2D eigenvalue weighted by Gasteiger charge is 2.21. The van der Waals surface area contributed by atoms with Gasteiger partial charge in [-0.1, -0.05) is 26.0 Å². The normalized spacial score (nSPS) is 19.2. The van der Waals surface area contributed by atoms with Crippen LogP contribution in [0.2, 0.25) is 0 Å². The van der Waals surface area contributed by atoms with Gasteiger partial charge in [-0.3, -0.25) is 4.79 Å². The third-order valence-corrected chi connectivity index (χ3v) is 3.75. The summed E-state index contributed by atoms with van der Waals surface area (Å²) >= 11 is 0. The van der Waals surface area contributed by atoms with E-state index >= 15 is 0 Å². The molecular formula is C15H27N5O. The summed E-state index contributed by atoms with van der Waals surface area (Å²) in [7, 11) is 0. The first-order valence-corrected chi connectivity index (χ1v) is 7.92. The molecule has 2 heterocycles. The molecule has 2 rings (SSSR count). The van der Waals surface area contributed by atoms with Crippen molar-refractivity contribution in [3.63, 3.8) is 0 Å². The average molecular weight is 293 g/mol. The number of amides is 1. The van der Waals surface area contributed by atoms with Gasteiger partial charge in [-0.25, -0.2) is 4.68 Å². The van der Waals surface area contributed by atoms with Gasteiger partial charge in [-0.2, -0.15) is 0 Å². The molecule has 0 spiro atoms. The second-order valence-corrected chi connectivity index (χ2v) is 6.52. The Labute approximate surface area is 126 Å². The monoisotopic (exact) mass is 293 g/mol. The Morgan fingerprint density at radius 3 is 3.05 bits per heavy atom. The molecule has 21 heavy (non-hydrogen) atoms. The molecule has 1 atom stereocenters. The summed E-state index contributed by atoms with van der Waals surface area (Å²) in [6.45, 7) is 10.2. The molecular weight excluding hydrogens is 266 g/mol. The number of piperidine rings is 1. The molecule has 1 aliphatic heterocycles. The summed E-state index contributed by atoms with van der Waals surface area (Å²) in [4.78, 5) is 14.2. The Kier molecular flexibility index (Phi) is 5.73. The van der Waals surface area contributed by atoms with Crippen molar-refractivity contribution < 1.29 is 4.79 Å². The smallest absolute Gasteiger partial charge is 0.244 e. The largest absolute Gasteiger partial charge is 0.341 e. The molecule has 0 radical (unpaired) electrons. The van der Waals surface area contributed by atoms with Gasteiger partial charge in [-0.05, 0) is 31.2 Å². The summed E-state index contributed by atoms with van der Waals surface area (Å²) in [6.07, 6.45) is 4.19. The fraction of sp³-hybridized carbons (Fsp3) is 0.800. The SMILES string of the molecule is CC(C)CNCc1cn(CC(=O)N2CCCC(C)C2)nn1. The highest BCUT2D eigenvalue weighted by atomic mass is 16.2. The van der Waals surface area contributed by atoms with Gasteiger partial charge in [0.15, 0.2) is 0 Å². The van der Waals surface area contributed by atoms with Crippen molar-refractivity contribution in [2.75, 3.05) is 19.6 Å². The zero-order valence-corrected chi connectivity index (χ0v) is 13.4. The van der Waals surface area contributed by atoms with Crippen molar-refractivity contribution in [1.29, 1.82) is 0 Å². The minimum atomic E-state index is 0.146. The maximum Gasteiger partial charge on any atom is 0.244 e. The van der Waals surface area contributed by atoms with Gasteiger partial charge in [0, 0.05) is 19.6 Å². The number of nitrogens with one attached hydrogen (secondary N) is 1. The topological polar surface area (TPSA) is 63.1 Å². The quantitative estimate of drug-likeness (QED) is 0.858. The molecule has 1 aromatic heterocycles. The lowest BCUT2D eigenvalue weighted by Crippen LogP contribution is -2.40. The Balaban J connectivity index is 1.80. The van der Waals surface area contributed by atoms with Gasteiger partial charge in [0.25, 0.3) is 0 Å². The molecule has 1 amide bonds. The standard InChI is InChI=1S/C15H27N5O/c1-12(2)7-16-8-14-10-20(18-17-14)11-15(21)19-6-4-5-13(3)9-19/h10,12-13,16H,4-9,11H2,1-3H3. The van der Waals surface area contributed by atoms with Gasteiger partial charge >= 0.3 is 0 Å². The molecule has 0 aromatic carbocycles. The summed E-state index contributed by atoms with van der Waals surface area (Å²) in [6, 6.07) is 0. The van der Waals surface area contributed by atoms with E-state index in [0.29, 0.717) is 24.9 Å². The van der Waals surface area contributed by atoms with E-state index in [-0.39, 0.29) is 5.91 Å². The van der Waals surface area contributed by atoms with Crippen LogP contribution in [0, 0.1) is 11.8 Å². The number of nitrogens with zero attached hydrogens (tertiary/aromatic N) is 4. The molecule has 6 nitrogen and oxygen atoms in total. The summed E-state index contributed by atoms with van der Waals surface area (Å²) < 4.78 is 1.65. The van der Waals surface area contributed by atoms with E-state index < -0.39 is 0 Å². The van der Waals surface area contributed by atoms with Crippen LogP contribution in [0.25, 0.3) is 0 Å². The van der Waals surface area contributed by atoms with Crippen molar-refractivity contribution in [2.24, 2.45) is 11.8 Å². The van der Waals surface area contributed by atoms with Gasteiger partial charge in [0.1, 0.15) is 6.54 Å². The summed E-state index contributed by atoms with van der Waals surface area (Å²) in [5.41, 5.74) is 0.885. The first-order valence-electron chi connectivity index (χ1n) is 7.92. The molecule has 118 valence electrons. The van der Waals surface area contributed by atoms with Crippen LogP contribution in [0.15, 0.2) is 6.20 Å². The van der Waals surface area contributed by atoms with Crippen LogP contribution in [0.3, 0.4) is 0 Å². The third-order valence-electron chi connectivity index (χ3n) is 3.75. The van der Waals surface area contributed by atoms with E-state index in [1.165, 1.54) is 6.42 Å². The van der Waals surface area contributed by atoms with Crippen LogP contribution in [0.5, 0.6) is 0 Å². The summed E-state index contributed by atoms with van der Waals surface area (Å²) in [5, 5.41) is 11.5. The highest BCUT2D eigenvalue weighted by molar-refractivity contribution is 5.76. The van der Waals surface area contributed by atoms with Gasteiger partial charge in [0.2, 0.25) is 5.91 Å². The van der Waals surface area contributed by atoms with E-state index in [1.54, 1.807) is 4.68 Å². The van der Waals surface area contributed by atoms with Crippen molar-refractivity contribution in [3.8, 4) is 0 Å². The van der Waals surface area contributed by atoms with Crippen LogP contribution in [0.1, 0.15) is 39.3 Å². The molecule has 1 N–H and O–H groups in total. The maximum atomic E-state index is 12.2. The molecule has 0 aliphatic carbocycles. The van der Waals surface area contributed by atoms with Crippen molar-refractivity contribution in [2.45, 2.75) is 46.7 Å². The van der Waals surface area contributed by atoms with E-state index in [1.807, 2.05) is 11.1 Å². The Morgan fingerprint density at radius 1 is 1.52 bits per heavy atom. The summed E-state index contributed by atoms with van der Waals surface area (Å²) in [5.74, 6) is 1.37. The average Bonchev–Trinajstić information content (AvgIpc) is 2.86. The highest BCUT2D eigenvalue weighted by Crippen LogP contribution is 2.15. The molecule has 1 fully saturated rings. The van der Waals surface area contributed by atoms with E-state index in [2.05, 4.69) is 36.4 Å². The van der Waals surface area contributed by atoms with Crippen LogP contribution in [0.4, 0.5) is 0 Å². The van der Waals surface area contributed by atoms with Crippen molar-refractivity contribution in [1.82, 2.24) is 25.2 Å². The second-order valence-electron chi connectivity index (χ2n) is 6.52. The molecule has 0 bridgehead atoms. The lowest BCUT2D eigenvalue weighted by molar-refractivity contribution is -0.133. The number of hydrogen-bond acceptors (Lipinski definition) is 4. The molecule has 1 aliphatic rings. The molecule has 6 heteroatoms. The van der Waals surface area contributed by atoms with E-state index in [4.69, 9.17) is 0 Å². The number of aromatic nitrogens is 3. The zero-order valence-electron chi connectivity index (χ0n) is 13.4. The Hall–Kier alpha value is -1.43. The van der Waals surface area contributed by atoms with Gasteiger partial charge in [-0.15, -0.1) is 5.10 Å². The van der Waals surface area contributed by atoms with Crippen LogP contribution in [-0.4, -0.2) is 45.4 Å². The van der Waals surface area contributed by atoms with Crippen LogP contribution in [-0.2, 0) is 17.9 Å². The third kappa shape index (κ3) is 5.12. The second kappa shape index (κ2) is 7.54. The van der Waals surface area contributed by atoms with E-state index in [9.17, 15) is 4.79 Å². The van der Waals surface area contributed by atoms with E-state index in [0.717, 1.165) is 31.7 Å². The predicted octanol–water partition coefficient (Wildman–Crippen LogP) is 1.28. The predicted molar refractivity (Wildman–Crippen MR) is 81.5 cm³/mol. The minimum absolute atomic E-state index is 0.146. The Bertz CT molecular complexity index is 457. The van der Waals surface area contributed by atoms with Gasteiger partial charge in [0.05, 0.1) is 11.9 Å². The molecule has 1 aromatic rings. The Morgan fingerprint density at radius 2 is 2.33 bits per heavy atom. The first kappa shape index (κ1) is 15.9. The van der Waals surface area contributed by atoms with Crippen molar-refractivity contribution in [3.05, 3.63) is 11.9 Å². The number of carbonyl (C=O) groups excluding carboxylic acids is 1. The van der Waals surface area contributed by atoms with Crippen LogP contribution < -0.4 is 5.32 Å². The number of likely N-dealkylation sites (tertiary alicyclic amines) is 1. The molecule has 1 saturated heterocycles. The van der Waals surface area contributed by atoms with Crippen molar-refractivity contribution >= 4 is 5.91 Å². The number of rotatable bonds is 6. The maximum absolute atomic E-state index is 12.2. The van der Waals surface area contributed by atoms with Crippen LogP contribution >= 0.6 is 0 Å². The minimum Gasteiger partial charge on any atom is -0.341 e. The first-order chi connectivity index (χ1) is 10.0. The fourth-order valence-corrected chi connectivity index (χ4v) is 2.64. The fourth-order valence-electron chi connectivity index (χ4n) is 2.64. The number of carbonyl (C=O) groups is 1. The lowest BCUT2D eigenvalue weighted by atomic mass is 10.0. The number of hydrogen-bond donors (Lipinski definition) is 1. The zero-order chi connectivity index (χ0) is 15.2. The molecule has 0 saturated carbocycles.